The van der Waals surface area contributed by atoms with E-state index in [9.17, 15) is 4.79 Å². The molecular weight excluding hydrogens is 366 g/mol. The summed E-state index contributed by atoms with van der Waals surface area (Å²) in [6, 6.07) is 12.5. The van der Waals surface area contributed by atoms with E-state index in [1.54, 1.807) is 36.4 Å². The molecular formula is C20H22ClN3O3. The Kier molecular flexibility index (Phi) is 6.19. The zero-order chi connectivity index (χ0) is 19.2. The van der Waals surface area contributed by atoms with Crippen molar-refractivity contribution < 1.29 is 13.9 Å². The zero-order valence-electron chi connectivity index (χ0n) is 15.4. The van der Waals surface area contributed by atoms with E-state index in [0.29, 0.717) is 23.1 Å². The van der Waals surface area contributed by atoms with E-state index in [2.05, 4.69) is 10.4 Å². The minimum atomic E-state index is -0.235. The number of nitrogens with one attached hydrogen (secondary N) is 1. The van der Waals surface area contributed by atoms with Crippen LogP contribution in [0.4, 0.5) is 0 Å². The van der Waals surface area contributed by atoms with Gasteiger partial charge in [-0.15, -0.1) is 0 Å². The van der Waals surface area contributed by atoms with Crippen LogP contribution >= 0.6 is 11.6 Å². The van der Waals surface area contributed by atoms with Gasteiger partial charge in [-0.05, 0) is 62.7 Å². The highest BCUT2D eigenvalue weighted by molar-refractivity contribution is 6.30. The van der Waals surface area contributed by atoms with Crippen molar-refractivity contribution in [3.8, 4) is 5.75 Å². The standard InChI is InChI=1S/C20H22ClN3O3/c1-14-12-15(2)24(23-14)11-3-10-22-20(25)19-9-8-18(27-19)13-26-17-6-4-16(21)5-7-17/h4-9,12H,3,10-11,13H2,1-2H3,(H,22,25). The summed E-state index contributed by atoms with van der Waals surface area (Å²) in [4.78, 5) is 12.2. The van der Waals surface area contributed by atoms with Gasteiger partial charge in [0.1, 0.15) is 18.1 Å². The van der Waals surface area contributed by atoms with Gasteiger partial charge in [0.25, 0.3) is 5.91 Å². The Morgan fingerprint density at radius 2 is 2.00 bits per heavy atom. The summed E-state index contributed by atoms with van der Waals surface area (Å²) in [6.07, 6.45) is 0.793. The third kappa shape index (κ3) is 5.37. The van der Waals surface area contributed by atoms with Gasteiger partial charge in [-0.25, -0.2) is 0 Å². The van der Waals surface area contributed by atoms with Crippen LogP contribution in [-0.4, -0.2) is 22.2 Å². The molecule has 0 bridgehead atoms. The fraction of sp³-hybridized carbons (Fsp3) is 0.300. The Morgan fingerprint density at radius 1 is 1.22 bits per heavy atom. The van der Waals surface area contributed by atoms with E-state index in [0.717, 1.165) is 24.4 Å². The second-order valence-electron chi connectivity index (χ2n) is 6.27. The number of benzene rings is 1. The summed E-state index contributed by atoms with van der Waals surface area (Å²) in [6.45, 7) is 5.55. The second kappa shape index (κ2) is 8.77. The molecule has 1 N–H and O–H groups in total. The van der Waals surface area contributed by atoms with Gasteiger partial charge in [0.2, 0.25) is 0 Å². The molecule has 0 aliphatic carbocycles. The average molecular weight is 388 g/mol. The first-order valence-corrected chi connectivity index (χ1v) is 9.15. The highest BCUT2D eigenvalue weighted by atomic mass is 35.5. The summed E-state index contributed by atoms with van der Waals surface area (Å²) in [5, 5.41) is 7.91. The minimum absolute atomic E-state index is 0.235. The van der Waals surface area contributed by atoms with E-state index in [-0.39, 0.29) is 18.3 Å². The molecule has 142 valence electrons. The smallest absolute Gasteiger partial charge is 0.286 e. The first-order chi connectivity index (χ1) is 13.0. The molecule has 7 heteroatoms. The molecule has 0 saturated heterocycles. The molecule has 27 heavy (non-hydrogen) atoms. The van der Waals surface area contributed by atoms with Crippen LogP contribution in [0, 0.1) is 13.8 Å². The Morgan fingerprint density at radius 3 is 2.70 bits per heavy atom. The summed E-state index contributed by atoms with van der Waals surface area (Å²) in [7, 11) is 0. The summed E-state index contributed by atoms with van der Waals surface area (Å²) >= 11 is 5.84. The number of nitrogens with zero attached hydrogens (tertiary/aromatic N) is 2. The SMILES string of the molecule is Cc1cc(C)n(CCCNC(=O)c2ccc(COc3ccc(Cl)cc3)o2)n1. The van der Waals surface area contributed by atoms with Gasteiger partial charge in [-0.2, -0.15) is 5.10 Å². The Labute approximate surface area is 163 Å². The molecule has 1 aromatic carbocycles. The highest BCUT2D eigenvalue weighted by Crippen LogP contribution is 2.17. The Balaban J connectivity index is 1.42. The number of aromatic nitrogens is 2. The fourth-order valence-corrected chi connectivity index (χ4v) is 2.81. The normalized spacial score (nSPS) is 10.8. The Hall–Kier alpha value is -2.73. The highest BCUT2D eigenvalue weighted by Gasteiger charge is 2.11. The molecule has 0 fully saturated rings. The van der Waals surface area contributed by atoms with Crippen LogP contribution in [0.3, 0.4) is 0 Å². The Bertz CT molecular complexity index is 900. The molecule has 2 heterocycles. The largest absolute Gasteiger partial charge is 0.486 e. The van der Waals surface area contributed by atoms with Gasteiger partial charge in [0, 0.05) is 23.8 Å². The van der Waals surface area contributed by atoms with Gasteiger partial charge >= 0.3 is 0 Å². The zero-order valence-corrected chi connectivity index (χ0v) is 16.1. The van der Waals surface area contributed by atoms with E-state index < -0.39 is 0 Å². The first-order valence-electron chi connectivity index (χ1n) is 8.77. The van der Waals surface area contributed by atoms with Crippen molar-refractivity contribution in [3.05, 3.63) is 70.4 Å². The van der Waals surface area contributed by atoms with E-state index in [4.69, 9.17) is 20.8 Å². The third-order valence-corrected chi connectivity index (χ3v) is 4.27. The van der Waals surface area contributed by atoms with Crippen LogP contribution < -0.4 is 10.1 Å². The quantitative estimate of drug-likeness (QED) is 0.589. The number of aryl methyl sites for hydroxylation is 3. The molecule has 0 aliphatic heterocycles. The molecule has 0 saturated carbocycles. The van der Waals surface area contributed by atoms with Gasteiger partial charge in [0.15, 0.2) is 5.76 Å². The maximum Gasteiger partial charge on any atom is 0.286 e. The van der Waals surface area contributed by atoms with Gasteiger partial charge in [0.05, 0.1) is 5.69 Å². The third-order valence-electron chi connectivity index (χ3n) is 4.02. The molecule has 0 unspecified atom stereocenters. The van der Waals surface area contributed by atoms with Crippen LogP contribution in [0.25, 0.3) is 0 Å². The second-order valence-corrected chi connectivity index (χ2v) is 6.70. The molecule has 6 nitrogen and oxygen atoms in total. The lowest BCUT2D eigenvalue weighted by molar-refractivity contribution is 0.0921. The monoisotopic (exact) mass is 387 g/mol. The number of carbonyl (C=O) groups is 1. The lowest BCUT2D eigenvalue weighted by Gasteiger charge is -2.06. The maximum absolute atomic E-state index is 12.2. The lowest BCUT2D eigenvalue weighted by Crippen LogP contribution is -2.25. The number of hydrogen-bond donors (Lipinski definition) is 1. The number of ether oxygens (including phenoxy) is 1. The molecule has 1 amide bonds. The number of carbonyl (C=O) groups excluding carboxylic acids is 1. The number of halogens is 1. The number of furan rings is 1. The molecule has 0 aliphatic rings. The summed E-state index contributed by atoms with van der Waals surface area (Å²) in [5.41, 5.74) is 2.12. The van der Waals surface area contributed by atoms with Crippen LogP contribution in [0.2, 0.25) is 5.02 Å². The van der Waals surface area contributed by atoms with Crippen LogP contribution in [0.1, 0.15) is 34.1 Å². The van der Waals surface area contributed by atoms with Gasteiger partial charge in [-0.1, -0.05) is 11.6 Å². The predicted octanol–water partition coefficient (Wildman–Crippen LogP) is 4.15. The molecule has 2 aromatic heterocycles. The lowest BCUT2D eigenvalue weighted by atomic mass is 10.3. The molecule has 3 aromatic rings. The predicted molar refractivity (Wildman–Crippen MR) is 103 cm³/mol. The van der Waals surface area contributed by atoms with Crippen molar-refractivity contribution >= 4 is 17.5 Å². The minimum Gasteiger partial charge on any atom is -0.486 e. The van der Waals surface area contributed by atoms with Gasteiger partial charge < -0.3 is 14.5 Å². The average Bonchev–Trinajstić information content (AvgIpc) is 3.24. The molecule has 0 atom stereocenters. The fourth-order valence-electron chi connectivity index (χ4n) is 2.68. The molecule has 3 rings (SSSR count). The van der Waals surface area contributed by atoms with Crippen molar-refractivity contribution in [3.63, 3.8) is 0 Å². The van der Waals surface area contributed by atoms with Crippen molar-refractivity contribution in [1.29, 1.82) is 0 Å². The van der Waals surface area contributed by atoms with Crippen LogP contribution in [-0.2, 0) is 13.2 Å². The van der Waals surface area contributed by atoms with Crippen LogP contribution in [0.15, 0.2) is 46.9 Å². The number of hydrogen-bond acceptors (Lipinski definition) is 4. The van der Waals surface area contributed by atoms with Crippen molar-refractivity contribution in [2.75, 3.05) is 6.54 Å². The molecule has 0 spiro atoms. The van der Waals surface area contributed by atoms with E-state index in [1.807, 2.05) is 24.6 Å². The number of amides is 1. The maximum atomic E-state index is 12.2. The van der Waals surface area contributed by atoms with Crippen molar-refractivity contribution in [2.45, 2.75) is 33.4 Å². The number of rotatable bonds is 8. The van der Waals surface area contributed by atoms with Gasteiger partial charge in [-0.3, -0.25) is 9.48 Å². The summed E-state index contributed by atoms with van der Waals surface area (Å²) < 4.78 is 13.1. The van der Waals surface area contributed by atoms with E-state index >= 15 is 0 Å². The topological polar surface area (TPSA) is 69.3 Å². The first kappa shape index (κ1) is 19.0. The van der Waals surface area contributed by atoms with E-state index in [1.165, 1.54) is 0 Å². The molecule has 0 radical (unpaired) electrons. The van der Waals surface area contributed by atoms with Crippen molar-refractivity contribution in [1.82, 2.24) is 15.1 Å². The summed E-state index contributed by atoms with van der Waals surface area (Å²) in [5.74, 6) is 1.31. The van der Waals surface area contributed by atoms with Crippen molar-refractivity contribution in [2.24, 2.45) is 0 Å². The van der Waals surface area contributed by atoms with Crippen LogP contribution in [0.5, 0.6) is 5.75 Å².